The van der Waals surface area contributed by atoms with Crippen molar-refractivity contribution < 1.29 is 14.4 Å². The molecule has 0 saturated heterocycles. The van der Waals surface area contributed by atoms with Crippen LogP contribution in [-0.4, -0.2) is 26.2 Å². The van der Waals surface area contributed by atoms with Gasteiger partial charge in [-0.15, -0.1) is 0 Å². The summed E-state index contributed by atoms with van der Waals surface area (Å²) >= 11 is 0. The zero-order valence-electron chi connectivity index (χ0n) is 14.6. The SMILES string of the molecule is COc1cc(C)c(CN(C)c2cc(C#N)ccc2[N+](=O)[O-])cc1OC. The Hall–Kier alpha value is -3.27. The number of ether oxygens (including phenoxy) is 2. The Morgan fingerprint density at radius 2 is 1.84 bits per heavy atom. The standard InChI is InChI=1S/C18H19N3O4/c1-12-7-17(24-3)18(25-4)9-14(12)11-20(2)16-8-13(10-19)5-6-15(16)21(22)23/h5-9H,11H2,1-4H3. The Bertz CT molecular complexity index is 843. The molecule has 130 valence electrons. The lowest BCUT2D eigenvalue weighted by atomic mass is 10.1. The number of methoxy groups -OCH3 is 2. The molecule has 0 amide bonds. The number of aryl methyl sites for hydroxylation is 1. The highest BCUT2D eigenvalue weighted by Crippen LogP contribution is 2.33. The van der Waals surface area contributed by atoms with Gasteiger partial charge >= 0.3 is 0 Å². The molecule has 0 spiro atoms. The molecule has 0 aliphatic rings. The Morgan fingerprint density at radius 1 is 1.20 bits per heavy atom. The van der Waals surface area contributed by atoms with Crippen LogP contribution in [-0.2, 0) is 6.54 Å². The number of nitrogens with zero attached hydrogens (tertiary/aromatic N) is 3. The fourth-order valence-electron chi connectivity index (χ4n) is 2.59. The monoisotopic (exact) mass is 341 g/mol. The van der Waals surface area contributed by atoms with Crippen LogP contribution < -0.4 is 14.4 Å². The van der Waals surface area contributed by atoms with Crippen LogP contribution in [0.4, 0.5) is 11.4 Å². The number of rotatable bonds is 6. The van der Waals surface area contributed by atoms with Gasteiger partial charge in [-0.1, -0.05) is 0 Å². The van der Waals surface area contributed by atoms with E-state index in [2.05, 4.69) is 0 Å². The Kier molecular flexibility index (Phi) is 5.45. The molecule has 0 bridgehead atoms. The first-order valence-corrected chi connectivity index (χ1v) is 7.52. The van der Waals surface area contributed by atoms with E-state index in [0.717, 1.165) is 11.1 Å². The normalized spacial score (nSPS) is 10.0. The first-order chi connectivity index (χ1) is 11.9. The molecule has 2 aromatic carbocycles. The number of hydrogen-bond donors (Lipinski definition) is 0. The highest BCUT2D eigenvalue weighted by molar-refractivity contribution is 5.66. The number of benzene rings is 2. The van der Waals surface area contributed by atoms with Crippen molar-refractivity contribution in [2.75, 3.05) is 26.2 Å². The molecule has 0 atom stereocenters. The van der Waals surface area contributed by atoms with Crippen molar-refractivity contribution in [3.8, 4) is 17.6 Å². The summed E-state index contributed by atoms with van der Waals surface area (Å²) in [5.74, 6) is 1.22. The molecule has 2 aromatic rings. The minimum atomic E-state index is -0.450. The maximum absolute atomic E-state index is 11.3. The fraction of sp³-hybridized carbons (Fsp3) is 0.278. The topological polar surface area (TPSA) is 88.6 Å². The van der Waals surface area contributed by atoms with Crippen molar-refractivity contribution in [2.24, 2.45) is 0 Å². The summed E-state index contributed by atoms with van der Waals surface area (Å²) in [7, 11) is 4.88. The molecule has 0 N–H and O–H groups in total. The lowest BCUT2D eigenvalue weighted by Crippen LogP contribution is -2.18. The van der Waals surface area contributed by atoms with Gasteiger partial charge in [0.05, 0.1) is 30.8 Å². The van der Waals surface area contributed by atoms with E-state index < -0.39 is 4.92 Å². The van der Waals surface area contributed by atoms with Crippen LogP contribution in [0.5, 0.6) is 11.5 Å². The molecule has 0 radical (unpaired) electrons. The lowest BCUT2D eigenvalue weighted by Gasteiger charge is -2.21. The summed E-state index contributed by atoms with van der Waals surface area (Å²) in [4.78, 5) is 12.6. The molecule has 25 heavy (non-hydrogen) atoms. The minimum Gasteiger partial charge on any atom is -0.493 e. The molecule has 7 nitrogen and oxygen atoms in total. The minimum absolute atomic E-state index is 0.0420. The first kappa shape index (κ1) is 18.1. The number of nitro benzene ring substituents is 1. The number of nitriles is 1. The third-order valence-corrected chi connectivity index (χ3v) is 3.96. The van der Waals surface area contributed by atoms with Gasteiger partial charge in [0.1, 0.15) is 5.69 Å². The van der Waals surface area contributed by atoms with Crippen molar-refractivity contribution in [1.29, 1.82) is 5.26 Å². The number of nitro groups is 1. The van der Waals surface area contributed by atoms with Gasteiger partial charge in [-0.25, -0.2) is 0 Å². The number of hydrogen-bond acceptors (Lipinski definition) is 6. The van der Waals surface area contributed by atoms with E-state index in [1.54, 1.807) is 26.2 Å². The smallest absolute Gasteiger partial charge is 0.292 e. The Balaban J connectivity index is 2.42. The summed E-state index contributed by atoms with van der Waals surface area (Å²) in [5, 5.41) is 20.4. The zero-order valence-corrected chi connectivity index (χ0v) is 14.6. The molecule has 0 heterocycles. The van der Waals surface area contributed by atoms with Gasteiger partial charge < -0.3 is 14.4 Å². The summed E-state index contributed by atoms with van der Waals surface area (Å²) in [6.07, 6.45) is 0. The summed E-state index contributed by atoms with van der Waals surface area (Å²) < 4.78 is 10.6. The molecular formula is C18H19N3O4. The highest BCUT2D eigenvalue weighted by Gasteiger charge is 2.19. The van der Waals surface area contributed by atoms with Gasteiger partial charge in [-0.05, 0) is 42.3 Å². The van der Waals surface area contributed by atoms with Crippen LogP contribution in [0.25, 0.3) is 0 Å². The predicted molar refractivity (Wildman–Crippen MR) is 94.2 cm³/mol. The van der Waals surface area contributed by atoms with E-state index in [-0.39, 0.29) is 5.69 Å². The van der Waals surface area contributed by atoms with Gasteiger partial charge in [0.2, 0.25) is 0 Å². The van der Waals surface area contributed by atoms with Gasteiger partial charge in [0.25, 0.3) is 5.69 Å². The predicted octanol–water partition coefficient (Wildman–Crippen LogP) is 3.43. The molecule has 0 aliphatic heterocycles. The van der Waals surface area contributed by atoms with Crippen molar-refractivity contribution in [3.63, 3.8) is 0 Å². The van der Waals surface area contributed by atoms with E-state index >= 15 is 0 Å². The van der Waals surface area contributed by atoms with E-state index in [9.17, 15) is 10.1 Å². The maximum atomic E-state index is 11.3. The molecular weight excluding hydrogens is 322 g/mol. The van der Waals surface area contributed by atoms with Crippen LogP contribution >= 0.6 is 0 Å². The second-order valence-corrected chi connectivity index (χ2v) is 5.56. The molecule has 0 aromatic heterocycles. The van der Waals surface area contributed by atoms with Crippen LogP contribution in [0, 0.1) is 28.4 Å². The van der Waals surface area contributed by atoms with E-state index in [4.69, 9.17) is 14.7 Å². The first-order valence-electron chi connectivity index (χ1n) is 7.52. The third kappa shape index (κ3) is 3.80. The van der Waals surface area contributed by atoms with Gasteiger partial charge in [0.15, 0.2) is 11.5 Å². The van der Waals surface area contributed by atoms with Gasteiger partial charge in [-0.3, -0.25) is 10.1 Å². The van der Waals surface area contributed by atoms with Crippen molar-refractivity contribution in [3.05, 3.63) is 57.1 Å². The van der Waals surface area contributed by atoms with E-state index in [1.807, 2.05) is 25.1 Å². The number of anilines is 1. The Morgan fingerprint density at radius 3 is 2.40 bits per heavy atom. The van der Waals surface area contributed by atoms with Gasteiger partial charge in [-0.2, -0.15) is 5.26 Å². The average molecular weight is 341 g/mol. The van der Waals surface area contributed by atoms with Crippen molar-refractivity contribution in [2.45, 2.75) is 13.5 Å². The second-order valence-electron chi connectivity index (χ2n) is 5.56. The molecule has 0 unspecified atom stereocenters. The summed E-state index contributed by atoms with van der Waals surface area (Å²) in [5.41, 5.74) is 2.63. The molecule has 0 saturated carbocycles. The molecule has 2 rings (SSSR count). The quantitative estimate of drug-likeness (QED) is 0.591. The Labute approximate surface area is 146 Å². The zero-order chi connectivity index (χ0) is 18.6. The lowest BCUT2D eigenvalue weighted by molar-refractivity contribution is -0.384. The van der Waals surface area contributed by atoms with Crippen molar-refractivity contribution >= 4 is 11.4 Å². The summed E-state index contributed by atoms with van der Waals surface area (Å²) in [6.45, 7) is 2.35. The fourth-order valence-corrected chi connectivity index (χ4v) is 2.59. The second kappa shape index (κ2) is 7.53. The van der Waals surface area contributed by atoms with Crippen LogP contribution in [0.2, 0.25) is 0 Å². The van der Waals surface area contributed by atoms with Crippen LogP contribution in [0.1, 0.15) is 16.7 Å². The largest absolute Gasteiger partial charge is 0.493 e. The van der Waals surface area contributed by atoms with E-state index in [1.165, 1.54) is 18.2 Å². The molecule has 7 heteroatoms. The van der Waals surface area contributed by atoms with Crippen molar-refractivity contribution in [1.82, 2.24) is 0 Å². The van der Waals surface area contributed by atoms with Gasteiger partial charge in [0, 0.05) is 19.7 Å². The molecule has 0 aliphatic carbocycles. The van der Waals surface area contributed by atoms with E-state index in [0.29, 0.717) is 29.3 Å². The maximum Gasteiger partial charge on any atom is 0.292 e. The third-order valence-electron chi connectivity index (χ3n) is 3.96. The van der Waals surface area contributed by atoms with Crippen LogP contribution in [0.3, 0.4) is 0 Å². The summed E-state index contributed by atoms with van der Waals surface area (Å²) in [6, 6.07) is 10.0. The van der Waals surface area contributed by atoms with Crippen LogP contribution in [0.15, 0.2) is 30.3 Å². The molecule has 0 fully saturated rings. The highest BCUT2D eigenvalue weighted by atomic mass is 16.6. The average Bonchev–Trinajstić information content (AvgIpc) is 2.62.